The molecule has 1 aromatic carbocycles. The molecule has 2 aromatic rings. The molecule has 1 aliphatic rings. The predicted molar refractivity (Wildman–Crippen MR) is 80.3 cm³/mol. The summed E-state index contributed by atoms with van der Waals surface area (Å²) >= 11 is 5.21. The largest absolute Gasteiger partial charge is 0.490 e. The molecule has 1 aliphatic carbocycles. The second kappa shape index (κ2) is 5.45. The van der Waals surface area contributed by atoms with Crippen molar-refractivity contribution in [3.8, 4) is 16.9 Å². The molecule has 0 radical (unpaired) electrons. The number of ether oxygens (including phenoxy) is 1. The Morgan fingerprint density at radius 3 is 2.39 bits per heavy atom. The zero-order valence-electron chi connectivity index (χ0n) is 10.1. The van der Waals surface area contributed by atoms with Gasteiger partial charge < -0.3 is 4.74 Å². The summed E-state index contributed by atoms with van der Waals surface area (Å²) in [5, 5.41) is 2.16. The molecule has 3 heteroatoms. The molecule has 0 saturated heterocycles. The van der Waals surface area contributed by atoms with Gasteiger partial charge in [-0.1, -0.05) is 12.1 Å². The summed E-state index contributed by atoms with van der Waals surface area (Å²) in [6.45, 7) is 0. The van der Waals surface area contributed by atoms with Gasteiger partial charge in [0.1, 0.15) is 5.75 Å². The lowest BCUT2D eigenvalue weighted by atomic mass is 10.1. The van der Waals surface area contributed by atoms with E-state index in [0.717, 1.165) is 5.75 Å². The Morgan fingerprint density at radius 2 is 1.78 bits per heavy atom. The minimum Gasteiger partial charge on any atom is -0.490 e. The minimum atomic E-state index is 0.436. The van der Waals surface area contributed by atoms with Gasteiger partial charge >= 0.3 is 0 Å². The van der Waals surface area contributed by atoms with Crippen LogP contribution < -0.4 is 4.74 Å². The maximum atomic E-state index is 5.96. The molecule has 1 fully saturated rings. The first kappa shape index (κ1) is 12.2. The standard InChI is InChI=1S/C15H15BrOS/c16-15-9-12(10-18-15)11-5-7-14(8-6-11)17-13-3-1-2-4-13/h5-10,13H,1-4H2. The number of rotatable bonds is 3. The first-order chi connectivity index (χ1) is 8.81. The van der Waals surface area contributed by atoms with Gasteiger partial charge in [-0.25, -0.2) is 0 Å². The normalized spacial score (nSPS) is 16.1. The highest BCUT2D eigenvalue weighted by atomic mass is 79.9. The quantitative estimate of drug-likeness (QED) is 0.725. The molecule has 94 valence electrons. The summed E-state index contributed by atoms with van der Waals surface area (Å²) in [7, 11) is 0. The molecule has 3 rings (SSSR count). The van der Waals surface area contributed by atoms with Crippen molar-refractivity contribution in [2.75, 3.05) is 0 Å². The summed E-state index contributed by atoms with van der Waals surface area (Å²) < 4.78 is 7.13. The minimum absolute atomic E-state index is 0.436. The maximum absolute atomic E-state index is 5.96. The Labute approximate surface area is 120 Å². The first-order valence-electron chi connectivity index (χ1n) is 6.32. The highest BCUT2D eigenvalue weighted by Gasteiger charge is 2.16. The summed E-state index contributed by atoms with van der Waals surface area (Å²) in [5.74, 6) is 1.000. The third kappa shape index (κ3) is 2.78. The molecule has 0 unspecified atom stereocenters. The van der Waals surface area contributed by atoms with Gasteiger partial charge in [-0.15, -0.1) is 11.3 Å². The second-order valence-electron chi connectivity index (χ2n) is 4.69. The van der Waals surface area contributed by atoms with Gasteiger partial charge in [-0.05, 0) is 76.3 Å². The van der Waals surface area contributed by atoms with E-state index in [0.29, 0.717) is 6.10 Å². The monoisotopic (exact) mass is 322 g/mol. The molecule has 1 heterocycles. The average Bonchev–Trinajstić information content (AvgIpc) is 3.02. The van der Waals surface area contributed by atoms with Crippen LogP contribution in [-0.2, 0) is 0 Å². The molecular formula is C15H15BrOS. The van der Waals surface area contributed by atoms with Crippen molar-refractivity contribution in [3.05, 3.63) is 39.5 Å². The average molecular weight is 323 g/mol. The Kier molecular flexibility index (Phi) is 3.71. The van der Waals surface area contributed by atoms with Crippen molar-refractivity contribution in [2.45, 2.75) is 31.8 Å². The van der Waals surface area contributed by atoms with Gasteiger partial charge in [0.15, 0.2) is 0 Å². The number of hydrogen-bond donors (Lipinski definition) is 0. The zero-order chi connectivity index (χ0) is 12.4. The van der Waals surface area contributed by atoms with E-state index in [-0.39, 0.29) is 0 Å². The van der Waals surface area contributed by atoms with Gasteiger partial charge in [-0.2, -0.15) is 0 Å². The number of benzene rings is 1. The number of halogens is 1. The second-order valence-corrected chi connectivity index (χ2v) is 6.98. The fourth-order valence-electron chi connectivity index (χ4n) is 2.39. The molecule has 0 atom stereocenters. The Morgan fingerprint density at radius 1 is 1.06 bits per heavy atom. The topological polar surface area (TPSA) is 9.23 Å². The number of thiophene rings is 1. The van der Waals surface area contributed by atoms with E-state index in [1.165, 1.54) is 40.6 Å². The van der Waals surface area contributed by atoms with Crippen LogP contribution in [0.1, 0.15) is 25.7 Å². The van der Waals surface area contributed by atoms with Crippen molar-refractivity contribution < 1.29 is 4.74 Å². The SMILES string of the molecule is Brc1cc(-c2ccc(OC3CCCC3)cc2)cs1. The van der Waals surface area contributed by atoms with E-state index < -0.39 is 0 Å². The molecule has 0 bridgehead atoms. The molecule has 18 heavy (non-hydrogen) atoms. The van der Waals surface area contributed by atoms with Gasteiger partial charge in [0, 0.05) is 0 Å². The highest BCUT2D eigenvalue weighted by molar-refractivity contribution is 9.11. The molecule has 1 saturated carbocycles. The van der Waals surface area contributed by atoms with Crippen LogP contribution in [0.4, 0.5) is 0 Å². The van der Waals surface area contributed by atoms with Gasteiger partial charge in [0.2, 0.25) is 0 Å². The van der Waals surface area contributed by atoms with Crippen molar-refractivity contribution in [1.82, 2.24) is 0 Å². The molecule has 0 N–H and O–H groups in total. The van der Waals surface area contributed by atoms with E-state index in [2.05, 4.69) is 51.6 Å². The summed E-state index contributed by atoms with van der Waals surface area (Å²) in [6, 6.07) is 10.6. The van der Waals surface area contributed by atoms with E-state index in [1.807, 2.05) is 0 Å². The summed E-state index contributed by atoms with van der Waals surface area (Å²) in [4.78, 5) is 0. The lowest BCUT2D eigenvalue weighted by Gasteiger charge is -2.13. The Bertz CT molecular complexity index is 512. The molecular weight excluding hydrogens is 308 g/mol. The smallest absolute Gasteiger partial charge is 0.119 e. The third-order valence-corrected chi connectivity index (χ3v) is 4.86. The molecule has 1 nitrogen and oxygen atoms in total. The highest BCUT2D eigenvalue weighted by Crippen LogP contribution is 2.31. The van der Waals surface area contributed by atoms with Crippen molar-refractivity contribution in [1.29, 1.82) is 0 Å². The van der Waals surface area contributed by atoms with E-state index in [9.17, 15) is 0 Å². The van der Waals surface area contributed by atoms with E-state index >= 15 is 0 Å². The molecule has 0 amide bonds. The number of hydrogen-bond acceptors (Lipinski definition) is 2. The van der Waals surface area contributed by atoms with Gasteiger partial charge in [0.25, 0.3) is 0 Å². The predicted octanol–water partition coefficient (Wildman–Crippen LogP) is 5.50. The van der Waals surface area contributed by atoms with Crippen LogP contribution in [0.15, 0.2) is 39.5 Å². The molecule has 0 spiro atoms. The third-order valence-electron chi connectivity index (χ3n) is 3.36. The van der Waals surface area contributed by atoms with E-state index in [1.54, 1.807) is 11.3 Å². The molecule has 1 aromatic heterocycles. The van der Waals surface area contributed by atoms with Crippen molar-refractivity contribution in [2.24, 2.45) is 0 Å². The lowest BCUT2D eigenvalue weighted by Crippen LogP contribution is -2.10. The molecule has 0 aliphatic heterocycles. The zero-order valence-corrected chi connectivity index (χ0v) is 12.5. The van der Waals surface area contributed by atoms with Crippen LogP contribution >= 0.6 is 27.3 Å². The van der Waals surface area contributed by atoms with Crippen LogP contribution in [0, 0.1) is 0 Å². The summed E-state index contributed by atoms with van der Waals surface area (Å²) in [6.07, 6.45) is 5.47. The fraction of sp³-hybridized carbons (Fsp3) is 0.333. The lowest BCUT2D eigenvalue weighted by molar-refractivity contribution is 0.210. The summed E-state index contributed by atoms with van der Waals surface area (Å²) in [5.41, 5.74) is 2.51. The first-order valence-corrected chi connectivity index (χ1v) is 8.00. The van der Waals surface area contributed by atoms with E-state index in [4.69, 9.17) is 4.74 Å². The van der Waals surface area contributed by atoms with Crippen LogP contribution in [0.3, 0.4) is 0 Å². The van der Waals surface area contributed by atoms with Crippen molar-refractivity contribution in [3.63, 3.8) is 0 Å². The van der Waals surface area contributed by atoms with Gasteiger partial charge in [0.05, 0.1) is 9.89 Å². The Balaban J connectivity index is 1.72. The van der Waals surface area contributed by atoms with Crippen LogP contribution in [0.25, 0.3) is 11.1 Å². The fourth-order valence-corrected chi connectivity index (χ4v) is 3.55. The van der Waals surface area contributed by atoms with Crippen LogP contribution in [0.2, 0.25) is 0 Å². The Hall–Kier alpha value is -0.800. The van der Waals surface area contributed by atoms with Crippen LogP contribution in [0.5, 0.6) is 5.75 Å². The van der Waals surface area contributed by atoms with Crippen LogP contribution in [-0.4, -0.2) is 6.10 Å². The maximum Gasteiger partial charge on any atom is 0.119 e. The van der Waals surface area contributed by atoms with Gasteiger partial charge in [-0.3, -0.25) is 0 Å². The van der Waals surface area contributed by atoms with Crippen molar-refractivity contribution >= 4 is 27.3 Å².